The lowest BCUT2D eigenvalue weighted by Gasteiger charge is -2.43. The second-order valence-corrected chi connectivity index (χ2v) is 3.99. The molecule has 0 saturated carbocycles. The molecule has 0 radical (unpaired) electrons. The van der Waals surface area contributed by atoms with E-state index in [0.717, 1.165) is 0 Å². The Morgan fingerprint density at radius 1 is 0.938 bits per heavy atom. The van der Waals surface area contributed by atoms with Crippen molar-refractivity contribution in [2.75, 3.05) is 52.6 Å². The number of hydrogen-bond donors (Lipinski definition) is 0. The van der Waals surface area contributed by atoms with Crippen LogP contribution in [0.25, 0.3) is 0 Å². The zero-order valence-corrected chi connectivity index (χ0v) is 9.26. The van der Waals surface area contributed by atoms with E-state index in [0.29, 0.717) is 52.6 Å². The largest absolute Gasteiger partial charge is 0.547 e. The van der Waals surface area contributed by atoms with Crippen molar-refractivity contribution in [3.8, 4) is 0 Å². The lowest BCUT2D eigenvalue weighted by atomic mass is 10.3. The Balaban J connectivity index is 1.99. The number of morpholine rings is 2. The number of carbonyl (C=O) groups is 1. The fraction of sp³-hybridized carbons (Fsp3) is 0.900. The molecular formula is C10H17N2O4-. The predicted molar refractivity (Wildman–Crippen MR) is 53.6 cm³/mol. The zero-order chi connectivity index (χ0) is 11.4. The van der Waals surface area contributed by atoms with Crippen molar-refractivity contribution in [3.05, 3.63) is 0 Å². The van der Waals surface area contributed by atoms with Crippen LogP contribution in [0.4, 0.5) is 0 Å². The normalized spacial score (nSPS) is 24.8. The Morgan fingerprint density at radius 2 is 1.31 bits per heavy atom. The van der Waals surface area contributed by atoms with Crippen LogP contribution in [0, 0.1) is 0 Å². The molecule has 0 aromatic carbocycles. The lowest BCUT2D eigenvalue weighted by Crippen LogP contribution is -2.62. The van der Waals surface area contributed by atoms with Crippen LogP contribution in [0.15, 0.2) is 0 Å². The first-order chi connectivity index (χ1) is 7.79. The Bertz CT molecular complexity index is 219. The van der Waals surface area contributed by atoms with Crippen LogP contribution in [-0.2, 0) is 14.3 Å². The third kappa shape index (κ3) is 2.70. The highest BCUT2D eigenvalue weighted by Crippen LogP contribution is 2.10. The molecule has 0 spiro atoms. The molecule has 0 amide bonds. The third-order valence-electron chi connectivity index (χ3n) is 2.99. The molecule has 92 valence electrons. The van der Waals surface area contributed by atoms with Gasteiger partial charge in [0.25, 0.3) is 0 Å². The number of nitrogens with zero attached hydrogens (tertiary/aromatic N) is 2. The minimum absolute atomic E-state index is 0.591. The van der Waals surface area contributed by atoms with Gasteiger partial charge in [-0.2, -0.15) is 0 Å². The van der Waals surface area contributed by atoms with Gasteiger partial charge in [-0.05, 0) is 0 Å². The van der Waals surface area contributed by atoms with Crippen molar-refractivity contribution in [2.45, 2.75) is 6.17 Å². The molecule has 2 heterocycles. The first kappa shape index (κ1) is 11.8. The van der Waals surface area contributed by atoms with Gasteiger partial charge in [0.1, 0.15) is 6.17 Å². The van der Waals surface area contributed by atoms with Gasteiger partial charge in [0.05, 0.1) is 32.4 Å². The van der Waals surface area contributed by atoms with Crippen molar-refractivity contribution in [2.24, 2.45) is 0 Å². The van der Waals surface area contributed by atoms with Gasteiger partial charge in [0.15, 0.2) is 0 Å². The summed E-state index contributed by atoms with van der Waals surface area (Å²) in [4.78, 5) is 15.0. The van der Waals surface area contributed by atoms with Gasteiger partial charge in [-0.3, -0.25) is 9.80 Å². The molecule has 2 fully saturated rings. The maximum absolute atomic E-state index is 11.2. The maximum Gasteiger partial charge on any atom is 0.104 e. The number of aliphatic carboxylic acids is 1. The fourth-order valence-corrected chi connectivity index (χ4v) is 2.17. The van der Waals surface area contributed by atoms with Gasteiger partial charge in [-0.1, -0.05) is 0 Å². The molecule has 2 aliphatic heterocycles. The summed E-state index contributed by atoms with van der Waals surface area (Å²) in [6.45, 7) is 4.96. The monoisotopic (exact) mass is 229 g/mol. The molecule has 2 rings (SSSR count). The van der Waals surface area contributed by atoms with Crippen molar-refractivity contribution < 1.29 is 19.4 Å². The molecular weight excluding hydrogens is 212 g/mol. The highest BCUT2D eigenvalue weighted by molar-refractivity contribution is 5.70. The summed E-state index contributed by atoms with van der Waals surface area (Å²) in [5.41, 5.74) is 0. The van der Waals surface area contributed by atoms with Crippen molar-refractivity contribution in [1.82, 2.24) is 9.80 Å². The summed E-state index contributed by atoms with van der Waals surface area (Å²) in [5.74, 6) is -1.02. The first-order valence-corrected chi connectivity index (χ1v) is 5.63. The van der Waals surface area contributed by atoms with Gasteiger partial charge >= 0.3 is 0 Å². The van der Waals surface area contributed by atoms with Crippen molar-refractivity contribution in [3.63, 3.8) is 0 Å². The minimum Gasteiger partial charge on any atom is -0.547 e. The first-order valence-electron chi connectivity index (χ1n) is 5.63. The van der Waals surface area contributed by atoms with E-state index in [1.807, 2.05) is 9.80 Å². The Labute approximate surface area is 94.7 Å². The summed E-state index contributed by atoms with van der Waals surface area (Å²) in [7, 11) is 0. The molecule has 16 heavy (non-hydrogen) atoms. The molecule has 2 saturated heterocycles. The van der Waals surface area contributed by atoms with Crippen LogP contribution >= 0.6 is 0 Å². The SMILES string of the molecule is O=C([O-])C(N1CCOCC1)N1CCOCC1. The van der Waals surface area contributed by atoms with E-state index < -0.39 is 12.1 Å². The molecule has 0 aliphatic carbocycles. The van der Waals surface area contributed by atoms with Crippen LogP contribution in [0.5, 0.6) is 0 Å². The third-order valence-corrected chi connectivity index (χ3v) is 2.99. The molecule has 0 aromatic rings. The van der Waals surface area contributed by atoms with E-state index in [1.165, 1.54) is 0 Å². The Kier molecular flexibility index (Phi) is 4.11. The Hall–Kier alpha value is -0.690. The maximum atomic E-state index is 11.2. The van der Waals surface area contributed by atoms with E-state index in [9.17, 15) is 9.90 Å². The van der Waals surface area contributed by atoms with Gasteiger partial charge in [0.2, 0.25) is 0 Å². The summed E-state index contributed by atoms with van der Waals surface area (Å²) in [6.07, 6.45) is -0.632. The highest BCUT2D eigenvalue weighted by Gasteiger charge is 2.28. The summed E-state index contributed by atoms with van der Waals surface area (Å²) in [6, 6.07) is 0. The molecule has 0 aromatic heterocycles. The van der Waals surface area contributed by atoms with Crippen LogP contribution in [0.3, 0.4) is 0 Å². The van der Waals surface area contributed by atoms with E-state index in [1.54, 1.807) is 0 Å². The lowest BCUT2D eigenvalue weighted by molar-refractivity contribution is -0.319. The quantitative estimate of drug-likeness (QED) is 0.543. The van der Waals surface area contributed by atoms with Gasteiger partial charge < -0.3 is 19.4 Å². The molecule has 6 heteroatoms. The summed E-state index contributed by atoms with van der Waals surface area (Å²) >= 11 is 0. The number of carboxylic acids is 1. The topological polar surface area (TPSA) is 65.1 Å². The van der Waals surface area contributed by atoms with Gasteiger partial charge in [-0.15, -0.1) is 0 Å². The van der Waals surface area contributed by atoms with Crippen molar-refractivity contribution in [1.29, 1.82) is 0 Å². The van der Waals surface area contributed by atoms with Crippen molar-refractivity contribution >= 4 is 5.97 Å². The minimum atomic E-state index is -1.02. The van der Waals surface area contributed by atoms with Crippen LogP contribution < -0.4 is 5.11 Å². The average molecular weight is 229 g/mol. The molecule has 0 bridgehead atoms. The van der Waals surface area contributed by atoms with Gasteiger partial charge in [-0.25, -0.2) is 0 Å². The molecule has 0 N–H and O–H groups in total. The van der Waals surface area contributed by atoms with E-state index in [4.69, 9.17) is 9.47 Å². The van der Waals surface area contributed by atoms with Crippen LogP contribution in [0.1, 0.15) is 0 Å². The number of carboxylic acid groups (broad SMARTS) is 1. The average Bonchev–Trinajstić information content (AvgIpc) is 2.31. The predicted octanol–water partition coefficient (Wildman–Crippen LogP) is -2.27. The standard InChI is InChI=1S/C10H18N2O4/c13-10(14)9(11-1-5-15-6-2-11)12-3-7-16-8-4-12/h9H,1-8H2,(H,13,14)/p-1. The number of ether oxygens (including phenoxy) is 2. The Morgan fingerprint density at radius 3 is 1.62 bits per heavy atom. The van der Waals surface area contributed by atoms with E-state index >= 15 is 0 Å². The van der Waals surface area contributed by atoms with E-state index in [-0.39, 0.29) is 0 Å². The molecule has 6 nitrogen and oxygen atoms in total. The zero-order valence-electron chi connectivity index (χ0n) is 9.26. The molecule has 0 atom stereocenters. The smallest absolute Gasteiger partial charge is 0.104 e. The number of rotatable bonds is 3. The summed E-state index contributed by atoms with van der Waals surface area (Å²) < 4.78 is 10.4. The highest BCUT2D eigenvalue weighted by atomic mass is 16.5. The molecule has 2 aliphatic rings. The number of carbonyl (C=O) groups excluding carboxylic acids is 1. The second-order valence-electron chi connectivity index (χ2n) is 3.99. The fourth-order valence-electron chi connectivity index (χ4n) is 2.17. The molecule has 0 unspecified atom stereocenters. The second kappa shape index (κ2) is 5.58. The van der Waals surface area contributed by atoms with Crippen LogP contribution in [0.2, 0.25) is 0 Å². The van der Waals surface area contributed by atoms with Crippen LogP contribution in [-0.4, -0.2) is 74.5 Å². The number of hydrogen-bond acceptors (Lipinski definition) is 6. The van der Waals surface area contributed by atoms with E-state index in [2.05, 4.69) is 0 Å². The van der Waals surface area contributed by atoms with Gasteiger partial charge in [0, 0.05) is 26.2 Å². The summed E-state index contributed by atoms with van der Waals surface area (Å²) in [5, 5.41) is 11.2.